The fourth-order valence-corrected chi connectivity index (χ4v) is 2.09. The Labute approximate surface area is 101 Å². The average molecular weight is 273 g/mol. The molecular weight excluding hydrogens is 264 g/mol. The number of benzene rings is 2. The van der Waals surface area contributed by atoms with E-state index in [0.29, 0.717) is 0 Å². The normalized spacial score (nSPS) is 11.1. The fraction of sp³-hybridized carbons (Fsp3) is 0.0769. The highest BCUT2D eigenvalue weighted by atomic mass is 79.9. The molecule has 3 aromatic rings. The number of fused-ring (bicyclic) bond motifs is 2. The average Bonchev–Trinajstić information content (AvgIpc) is 2.28. The highest BCUT2D eigenvalue weighted by Gasteiger charge is 2.03. The number of hydrogen-bond acceptors (Lipinski definition) is 2. The molecule has 0 saturated heterocycles. The summed E-state index contributed by atoms with van der Waals surface area (Å²) in [7, 11) is 0. The summed E-state index contributed by atoms with van der Waals surface area (Å²) in [6.45, 7) is 1.95. The summed E-state index contributed by atoms with van der Waals surface area (Å²) in [5.74, 6) is 0. The molecule has 1 heterocycles. The first-order valence-electron chi connectivity index (χ1n) is 5.07. The Morgan fingerprint density at radius 1 is 0.938 bits per heavy atom. The molecular formula is C13H9BrN2. The second kappa shape index (κ2) is 3.52. The molecule has 2 nitrogen and oxygen atoms in total. The van der Waals surface area contributed by atoms with E-state index >= 15 is 0 Å². The molecule has 2 aromatic carbocycles. The van der Waals surface area contributed by atoms with Crippen LogP contribution in [0.4, 0.5) is 0 Å². The molecule has 0 N–H and O–H groups in total. The first-order chi connectivity index (χ1) is 7.74. The van der Waals surface area contributed by atoms with Gasteiger partial charge in [0.15, 0.2) is 0 Å². The van der Waals surface area contributed by atoms with Crippen LogP contribution in [0.25, 0.3) is 21.8 Å². The minimum absolute atomic E-state index is 0.815. The zero-order chi connectivity index (χ0) is 11.1. The monoisotopic (exact) mass is 272 g/mol. The van der Waals surface area contributed by atoms with Crippen molar-refractivity contribution in [3.05, 3.63) is 46.7 Å². The summed E-state index contributed by atoms with van der Waals surface area (Å²) >= 11 is 3.41. The van der Waals surface area contributed by atoms with Crippen LogP contribution in [0.5, 0.6) is 0 Å². The Balaban J connectivity index is 2.46. The first kappa shape index (κ1) is 9.73. The number of aromatic nitrogens is 2. The van der Waals surface area contributed by atoms with Gasteiger partial charge in [0.05, 0.1) is 16.7 Å². The van der Waals surface area contributed by atoms with Crippen molar-refractivity contribution in [3.63, 3.8) is 0 Å². The van der Waals surface area contributed by atoms with Crippen LogP contribution in [-0.4, -0.2) is 9.97 Å². The predicted octanol–water partition coefficient (Wildman–Crippen LogP) is 3.85. The Morgan fingerprint density at radius 2 is 1.50 bits per heavy atom. The SMILES string of the molecule is Cc1nc2cc3ccccc3cc2nc1Br. The number of halogens is 1. The minimum atomic E-state index is 0.815. The van der Waals surface area contributed by atoms with E-state index in [1.807, 2.05) is 19.1 Å². The molecule has 1 aromatic heterocycles. The van der Waals surface area contributed by atoms with Gasteiger partial charge in [-0.3, -0.25) is 0 Å². The molecule has 0 spiro atoms. The summed E-state index contributed by atoms with van der Waals surface area (Å²) < 4.78 is 0.815. The van der Waals surface area contributed by atoms with Crippen LogP contribution < -0.4 is 0 Å². The lowest BCUT2D eigenvalue weighted by Crippen LogP contribution is -1.90. The Morgan fingerprint density at radius 3 is 2.12 bits per heavy atom. The van der Waals surface area contributed by atoms with Crippen LogP contribution in [0.15, 0.2) is 41.0 Å². The van der Waals surface area contributed by atoms with Gasteiger partial charge in [-0.15, -0.1) is 0 Å². The van der Waals surface area contributed by atoms with Crippen LogP contribution in [-0.2, 0) is 0 Å². The Hall–Kier alpha value is -1.48. The molecule has 16 heavy (non-hydrogen) atoms. The van der Waals surface area contributed by atoms with Crippen LogP contribution in [0.2, 0.25) is 0 Å². The smallest absolute Gasteiger partial charge is 0.128 e. The molecule has 3 rings (SSSR count). The standard InChI is InChI=1S/C13H9BrN2/c1-8-13(14)16-12-7-10-5-3-2-4-9(10)6-11(12)15-8/h2-7H,1H3. The van der Waals surface area contributed by atoms with Gasteiger partial charge in [0.2, 0.25) is 0 Å². The van der Waals surface area contributed by atoms with Crippen molar-refractivity contribution >= 4 is 37.7 Å². The fourth-order valence-electron chi connectivity index (χ4n) is 1.81. The topological polar surface area (TPSA) is 25.8 Å². The van der Waals surface area contributed by atoms with E-state index in [-0.39, 0.29) is 0 Å². The zero-order valence-corrected chi connectivity index (χ0v) is 10.3. The van der Waals surface area contributed by atoms with Gasteiger partial charge in [0, 0.05) is 0 Å². The molecule has 3 heteroatoms. The molecule has 0 amide bonds. The van der Waals surface area contributed by atoms with E-state index in [0.717, 1.165) is 21.3 Å². The van der Waals surface area contributed by atoms with Gasteiger partial charge < -0.3 is 0 Å². The maximum atomic E-state index is 4.52. The molecule has 0 fully saturated rings. The van der Waals surface area contributed by atoms with Gasteiger partial charge in [0.25, 0.3) is 0 Å². The molecule has 0 saturated carbocycles. The van der Waals surface area contributed by atoms with E-state index in [9.17, 15) is 0 Å². The summed E-state index contributed by atoms with van der Waals surface area (Å²) in [6.07, 6.45) is 0. The predicted molar refractivity (Wildman–Crippen MR) is 69.5 cm³/mol. The summed E-state index contributed by atoms with van der Waals surface area (Å²) in [5.41, 5.74) is 2.79. The summed E-state index contributed by atoms with van der Waals surface area (Å²) in [6, 6.07) is 12.4. The third-order valence-electron chi connectivity index (χ3n) is 2.65. The van der Waals surface area contributed by atoms with Crippen molar-refractivity contribution in [1.82, 2.24) is 9.97 Å². The quantitative estimate of drug-likeness (QED) is 0.581. The van der Waals surface area contributed by atoms with E-state index in [4.69, 9.17) is 0 Å². The zero-order valence-electron chi connectivity index (χ0n) is 8.74. The number of nitrogens with zero attached hydrogens (tertiary/aromatic N) is 2. The number of hydrogen-bond donors (Lipinski definition) is 0. The second-order valence-electron chi connectivity index (χ2n) is 3.79. The van der Waals surface area contributed by atoms with Gasteiger partial charge in [-0.25, -0.2) is 9.97 Å². The van der Waals surface area contributed by atoms with Gasteiger partial charge in [-0.1, -0.05) is 24.3 Å². The highest BCUT2D eigenvalue weighted by molar-refractivity contribution is 9.10. The van der Waals surface area contributed by atoms with Gasteiger partial charge in [-0.2, -0.15) is 0 Å². The van der Waals surface area contributed by atoms with Crippen molar-refractivity contribution in [3.8, 4) is 0 Å². The van der Waals surface area contributed by atoms with E-state index in [2.05, 4.69) is 50.2 Å². The van der Waals surface area contributed by atoms with Crippen LogP contribution in [0, 0.1) is 6.92 Å². The van der Waals surface area contributed by atoms with Gasteiger partial charge in [0.1, 0.15) is 4.60 Å². The Bertz CT molecular complexity index is 632. The lowest BCUT2D eigenvalue weighted by molar-refractivity contribution is 1.15. The highest BCUT2D eigenvalue weighted by Crippen LogP contribution is 2.22. The maximum absolute atomic E-state index is 4.52. The maximum Gasteiger partial charge on any atom is 0.128 e. The molecule has 0 atom stereocenters. The molecule has 0 radical (unpaired) electrons. The summed E-state index contributed by atoms with van der Waals surface area (Å²) in [4.78, 5) is 9.00. The Kier molecular flexibility index (Phi) is 2.14. The lowest BCUT2D eigenvalue weighted by Gasteiger charge is -2.03. The van der Waals surface area contributed by atoms with Crippen LogP contribution in [0.3, 0.4) is 0 Å². The summed E-state index contributed by atoms with van der Waals surface area (Å²) in [5, 5.41) is 2.39. The van der Waals surface area contributed by atoms with Crippen molar-refractivity contribution < 1.29 is 0 Å². The molecule has 0 bridgehead atoms. The molecule has 0 unspecified atom stereocenters. The van der Waals surface area contributed by atoms with E-state index in [1.54, 1.807) is 0 Å². The van der Waals surface area contributed by atoms with Crippen LogP contribution >= 0.6 is 15.9 Å². The molecule has 0 aliphatic rings. The molecule has 78 valence electrons. The third kappa shape index (κ3) is 1.48. The van der Waals surface area contributed by atoms with Crippen molar-refractivity contribution in [2.24, 2.45) is 0 Å². The third-order valence-corrected chi connectivity index (χ3v) is 3.40. The van der Waals surface area contributed by atoms with Crippen LogP contribution in [0.1, 0.15) is 5.69 Å². The molecule has 0 aliphatic carbocycles. The van der Waals surface area contributed by atoms with Crippen molar-refractivity contribution in [2.75, 3.05) is 0 Å². The van der Waals surface area contributed by atoms with Crippen molar-refractivity contribution in [2.45, 2.75) is 6.92 Å². The largest absolute Gasteiger partial charge is 0.249 e. The molecule has 0 aliphatic heterocycles. The minimum Gasteiger partial charge on any atom is -0.249 e. The van der Waals surface area contributed by atoms with E-state index in [1.165, 1.54) is 10.8 Å². The van der Waals surface area contributed by atoms with Gasteiger partial charge >= 0.3 is 0 Å². The number of aryl methyl sites for hydroxylation is 1. The van der Waals surface area contributed by atoms with Crippen molar-refractivity contribution in [1.29, 1.82) is 0 Å². The van der Waals surface area contributed by atoms with E-state index < -0.39 is 0 Å². The lowest BCUT2D eigenvalue weighted by atomic mass is 10.1. The first-order valence-corrected chi connectivity index (χ1v) is 5.86. The van der Waals surface area contributed by atoms with Gasteiger partial charge in [-0.05, 0) is 45.8 Å². The number of rotatable bonds is 0. The second-order valence-corrected chi connectivity index (χ2v) is 4.54.